The number of anilines is 2. The molecular formula is C15H22N4O2. The topological polar surface area (TPSA) is 87.5 Å². The lowest BCUT2D eigenvalue weighted by Crippen LogP contribution is -2.36. The average molecular weight is 290 g/mol. The zero-order valence-electron chi connectivity index (χ0n) is 12.5. The fourth-order valence-corrected chi connectivity index (χ4v) is 2.64. The Morgan fingerprint density at radius 1 is 1.43 bits per heavy atom. The predicted molar refractivity (Wildman–Crippen MR) is 83.3 cm³/mol. The number of nitrogens with zero attached hydrogens (tertiary/aromatic N) is 1. The van der Waals surface area contributed by atoms with Crippen LogP contribution in [-0.4, -0.2) is 37.5 Å². The van der Waals surface area contributed by atoms with Crippen molar-refractivity contribution in [3.63, 3.8) is 0 Å². The van der Waals surface area contributed by atoms with Gasteiger partial charge >= 0.3 is 0 Å². The van der Waals surface area contributed by atoms with Gasteiger partial charge in [-0.05, 0) is 31.5 Å². The molecule has 1 aromatic carbocycles. The van der Waals surface area contributed by atoms with E-state index in [4.69, 9.17) is 5.73 Å². The monoisotopic (exact) mass is 290 g/mol. The van der Waals surface area contributed by atoms with Crippen LogP contribution in [0, 0.1) is 0 Å². The molecule has 1 aliphatic rings. The first-order valence-corrected chi connectivity index (χ1v) is 7.21. The molecule has 6 nitrogen and oxygen atoms in total. The zero-order chi connectivity index (χ0) is 15.4. The Hall–Kier alpha value is -2.24. The maximum Gasteiger partial charge on any atom is 0.253 e. The lowest BCUT2D eigenvalue weighted by Gasteiger charge is -2.22. The second kappa shape index (κ2) is 6.47. The summed E-state index contributed by atoms with van der Waals surface area (Å²) in [4.78, 5) is 25.4. The second-order valence-corrected chi connectivity index (χ2v) is 5.27. The summed E-state index contributed by atoms with van der Waals surface area (Å²) in [5, 5.41) is 5.73. The molecule has 21 heavy (non-hydrogen) atoms. The summed E-state index contributed by atoms with van der Waals surface area (Å²) >= 11 is 0. The summed E-state index contributed by atoms with van der Waals surface area (Å²) in [6, 6.07) is 5.42. The van der Waals surface area contributed by atoms with Crippen LogP contribution >= 0.6 is 0 Å². The number of hydrogen-bond donors (Lipinski definition) is 3. The largest absolute Gasteiger partial charge is 0.399 e. The summed E-state index contributed by atoms with van der Waals surface area (Å²) < 4.78 is 0. The molecule has 1 unspecified atom stereocenters. The van der Waals surface area contributed by atoms with Crippen molar-refractivity contribution in [3.8, 4) is 0 Å². The van der Waals surface area contributed by atoms with Crippen LogP contribution in [0.2, 0.25) is 0 Å². The Morgan fingerprint density at radius 2 is 2.19 bits per heavy atom. The van der Waals surface area contributed by atoms with Gasteiger partial charge in [0.05, 0.1) is 11.3 Å². The van der Waals surface area contributed by atoms with Crippen LogP contribution in [0.1, 0.15) is 30.6 Å². The first-order valence-electron chi connectivity index (χ1n) is 7.21. The second-order valence-electron chi connectivity index (χ2n) is 5.27. The maximum absolute atomic E-state index is 12.1. The standard InChI is InChI=1S/C15H22N4O2/c1-3-17-15(21)13-5-4-11(16)8-14(13)19-7-6-12(9-19)18-10(2)20/h4-5,8,12H,3,6-7,9,16H2,1-2H3,(H,17,21)(H,18,20). The van der Waals surface area contributed by atoms with Gasteiger partial charge < -0.3 is 21.3 Å². The van der Waals surface area contributed by atoms with Crippen molar-refractivity contribution in [3.05, 3.63) is 23.8 Å². The van der Waals surface area contributed by atoms with E-state index in [-0.39, 0.29) is 17.9 Å². The van der Waals surface area contributed by atoms with Gasteiger partial charge in [-0.3, -0.25) is 9.59 Å². The van der Waals surface area contributed by atoms with Crippen LogP contribution in [0.15, 0.2) is 18.2 Å². The van der Waals surface area contributed by atoms with Crippen LogP contribution in [0.3, 0.4) is 0 Å². The third kappa shape index (κ3) is 3.65. The van der Waals surface area contributed by atoms with Crippen LogP contribution in [-0.2, 0) is 4.79 Å². The minimum Gasteiger partial charge on any atom is -0.399 e. The summed E-state index contributed by atoms with van der Waals surface area (Å²) in [6.45, 7) is 5.47. The number of carbonyl (C=O) groups is 2. The maximum atomic E-state index is 12.1. The van der Waals surface area contributed by atoms with E-state index in [1.165, 1.54) is 6.92 Å². The van der Waals surface area contributed by atoms with Crippen molar-refractivity contribution in [2.75, 3.05) is 30.3 Å². The molecule has 1 heterocycles. The van der Waals surface area contributed by atoms with E-state index in [2.05, 4.69) is 15.5 Å². The van der Waals surface area contributed by atoms with Gasteiger partial charge in [0, 0.05) is 38.3 Å². The van der Waals surface area contributed by atoms with E-state index < -0.39 is 0 Å². The highest BCUT2D eigenvalue weighted by molar-refractivity contribution is 6.00. The number of amides is 2. The van der Waals surface area contributed by atoms with Crippen LogP contribution in [0.25, 0.3) is 0 Å². The highest BCUT2D eigenvalue weighted by Crippen LogP contribution is 2.27. The summed E-state index contributed by atoms with van der Waals surface area (Å²) in [5.41, 5.74) is 7.93. The van der Waals surface area contributed by atoms with Gasteiger partial charge in [0.1, 0.15) is 0 Å². The molecule has 1 aromatic rings. The number of benzene rings is 1. The summed E-state index contributed by atoms with van der Waals surface area (Å²) in [5.74, 6) is -0.131. The number of nitrogens with two attached hydrogens (primary N) is 1. The predicted octanol–water partition coefficient (Wildman–Crippen LogP) is 0.733. The Morgan fingerprint density at radius 3 is 2.86 bits per heavy atom. The Bertz CT molecular complexity index is 544. The lowest BCUT2D eigenvalue weighted by atomic mass is 10.1. The molecular weight excluding hydrogens is 268 g/mol. The molecule has 114 valence electrons. The molecule has 1 fully saturated rings. The quantitative estimate of drug-likeness (QED) is 0.714. The number of nitrogen functional groups attached to an aromatic ring is 1. The Kier molecular flexibility index (Phi) is 4.67. The van der Waals surface area contributed by atoms with E-state index in [9.17, 15) is 9.59 Å². The molecule has 0 spiro atoms. The van der Waals surface area contributed by atoms with Crippen molar-refractivity contribution in [2.24, 2.45) is 0 Å². The smallest absolute Gasteiger partial charge is 0.253 e. The van der Waals surface area contributed by atoms with E-state index in [1.54, 1.807) is 12.1 Å². The van der Waals surface area contributed by atoms with Crippen molar-refractivity contribution >= 4 is 23.2 Å². The van der Waals surface area contributed by atoms with Gasteiger partial charge in [0.2, 0.25) is 5.91 Å². The third-order valence-electron chi connectivity index (χ3n) is 3.54. The first-order chi connectivity index (χ1) is 10.0. The van der Waals surface area contributed by atoms with Crippen molar-refractivity contribution < 1.29 is 9.59 Å². The molecule has 1 atom stereocenters. The number of rotatable bonds is 4. The minimum atomic E-state index is -0.101. The fourth-order valence-electron chi connectivity index (χ4n) is 2.64. The van der Waals surface area contributed by atoms with Crippen LogP contribution in [0.5, 0.6) is 0 Å². The molecule has 0 aliphatic carbocycles. The Labute approximate surface area is 124 Å². The molecule has 1 saturated heterocycles. The molecule has 6 heteroatoms. The van der Waals surface area contributed by atoms with Crippen molar-refractivity contribution in [2.45, 2.75) is 26.3 Å². The molecule has 0 saturated carbocycles. The number of carbonyl (C=O) groups excluding carboxylic acids is 2. The van der Waals surface area contributed by atoms with Gasteiger partial charge in [0.15, 0.2) is 0 Å². The van der Waals surface area contributed by atoms with Gasteiger partial charge in [-0.25, -0.2) is 0 Å². The highest BCUT2D eigenvalue weighted by atomic mass is 16.2. The van der Waals surface area contributed by atoms with Crippen molar-refractivity contribution in [1.82, 2.24) is 10.6 Å². The SMILES string of the molecule is CCNC(=O)c1ccc(N)cc1N1CCC(NC(C)=O)C1. The number of nitrogens with one attached hydrogen (secondary N) is 2. The molecule has 2 amide bonds. The van der Waals surface area contributed by atoms with E-state index in [0.29, 0.717) is 24.3 Å². The summed E-state index contributed by atoms with van der Waals surface area (Å²) in [6.07, 6.45) is 0.864. The van der Waals surface area contributed by atoms with Gasteiger partial charge in [-0.15, -0.1) is 0 Å². The lowest BCUT2D eigenvalue weighted by molar-refractivity contribution is -0.119. The average Bonchev–Trinajstić information content (AvgIpc) is 2.86. The van der Waals surface area contributed by atoms with Gasteiger partial charge in [0.25, 0.3) is 5.91 Å². The van der Waals surface area contributed by atoms with Gasteiger partial charge in [-0.1, -0.05) is 0 Å². The number of hydrogen-bond acceptors (Lipinski definition) is 4. The molecule has 0 aromatic heterocycles. The molecule has 0 bridgehead atoms. The minimum absolute atomic E-state index is 0.0293. The van der Waals surface area contributed by atoms with Gasteiger partial charge in [-0.2, -0.15) is 0 Å². The van der Waals surface area contributed by atoms with E-state index in [0.717, 1.165) is 18.7 Å². The van der Waals surface area contributed by atoms with Crippen LogP contribution in [0.4, 0.5) is 11.4 Å². The molecule has 2 rings (SSSR count). The molecule has 0 radical (unpaired) electrons. The summed E-state index contributed by atoms with van der Waals surface area (Å²) in [7, 11) is 0. The van der Waals surface area contributed by atoms with E-state index in [1.807, 2.05) is 13.0 Å². The Balaban J connectivity index is 2.21. The normalized spacial score (nSPS) is 17.6. The highest BCUT2D eigenvalue weighted by Gasteiger charge is 2.26. The first kappa shape index (κ1) is 15.2. The fraction of sp³-hybridized carbons (Fsp3) is 0.467. The third-order valence-corrected chi connectivity index (χ3v) is 3.54. The molecule has 4 N–H and O–H groups in total. The van der Waals surface area contributed by atoms with E-state index >= 15 is 0 Å². The zero-order valence-corrected chi connectivity index (χ0v) is 12.5. The van der Waals surface area contributed by atoms with Crippen molar-refractivity contribution in [1.29, 1.82) is 0 Å². The van der Waals surface area contributed by atoms with Crippen LogP contribution < -0.4 is 21.3 Å². The molecule has 1 aliphatic heterocycles.